The summed E-state index contributed by atoms with van der Waals surface area (Å²) < 4.78 is 52.8. The molecule has 3 nitrogen and oxygen atoms in total. The summed E-state index contributed by atoms with van der Waals surface area (Å²) in [6.45, 7) is 4.35. The van der Waals surface area contributed by atoms with Crippen molar-refractivity contribution in [3.8, 4) is 0 Å². The van der Waals surface area contributed by atoms with E-state index in [2.05, 4.69) is 23.9 Å². The molecule has 0 aromatic carbocycles. The first-order chi connectivity index (χ1) is 10.3. The molecule has 1 N–H and O–H groups in total. The summed E-state index contributed by atoms with van der Waals surface area (Å²) in [5.74, 6) is -5.62. The highest BCUT2D eigenvalue weighted by molar-refractivity contribution is 5.81. The summed E-state index contributed by atoms with van der Waals surface area (Å²) in [7, 11) is 0. The molecule has 7 heteroatoms. The van der Waals surface area contributed by atoms with Crippen LogP contribution >= 0.6 is 0 Å². The second kappa shape index (κ2) is 5.07. The number of pyridine rings is 1. The SMILES string of the molecule is CC1(C)[C@@H]2CC=C(/C=N/Nc3c(F)c(F)nc(F)c3F)[C@@H]1C2. The van der Waals surface area contributed by atoms with Crippen LogP contribution in [0.15, 0.2) is 16.8 Å². The Hall–Kier alpha value is -1.92. The van der Waals surface area contributed by atoms with Gasteiger partial charge < -0.3 is 0 Å². The molecule has 0 saturated heterocycles. The summed E-state index contributed by atoms with van der Waals surface area (Å²) >= 11 is 0. The summed E-state index contributed by atoms with van der Waals surface area (Å²) in [6.07, 6.45) is 5.49. The molecule has 3 aliphatic rings. The minimum Gasteiger partial charge on any atom is -0.272 e. The van der Waals surface area contributed by atoms with Crippen LogP contribution in [0.1, 0.15) is 26.7 Å². The maximum atomic E-state index is 13.4. The summed E-state index contributed by atoms with van der Waals surface area (Å²) in [6, 6.07) is 0. The van der Waals surface area contributed by atoms with Gasteiger partial charge in [-0.2, -0.15) is 27.6 Å². The fraction of sp³-hybridized carbons (Fsp3) is 0.467. The van der Waals surface area contributed by atoms with E-state index in [0.29, 0.717) is 11.8 Å². The minimum atomic E-state index is -1.71. The maximum Gasteiger partial charge on any atom is 0.254 e. The predicted molar refractivity (Wildman–Crippen MR) is 74.3 cm³/mol. The van der Waals surface area contributed by atoms with Crippen LogP contribution in [0.5, 0.6) is 0 Å². The number of hydrogen-bond acceptors (Lipinski definition) is 3. The highest BCUT2D eigenvalue weighted by Gasteiger charge is 2.50. The standard InChI is InChI=1S/C15H15F4N3/c1-15(2)8-4-3-7(9(15)5-8)6-20-22-12-10(16)13(18)21-14(19)11(12)17/h3,6,8-9H,4-5H2,1-2H3,(H,21,22)/b20-6+/t8-,9+/m1/s1. The first kappa shape index (κ1) is 15.0. The van der Waals surface area contributed by atoms with Crippen molar-refractivity contribution in [2.24, 2.45) is 22.4 Å². The van der Waals surface area contributed by atoms with Gasteiger partial charge in [-0.15, -0.1) is 0 Å². The normalized spacial score (nSPS) is 25.8. The van der Waals surface area contributed by atoms with Crippen LogP contribution in [0.2, 0.25) is 0 Å². The number of nitrogens with zero attached hydrogens (tertiary/aromatic N) is 2. The Balaban J connectivity index is 1.78. The fourth-order valence-electron chi connectivity index (χ4n) is 3.30. The largest absolute Gasteiger partial charge is 0.272 e. The number of hydrogen-bond donors (Lipinski definition) is 1. The number of rotatable bonds is 3. The number of fused-ring (bicyclic) bond motifs is 1. The number of anilines is 1. The lowest BCUT2D eigenvalue weighted by Gasteiger charge is -2.55. The van der Waals surface area contributed by atoms with Crippen LogP contribution in [-0.2, 0) is 0 Å². The van der Waals surface area contributed by atoms with Gasteiger partial charge in [-0.3, -0.25) is 5.43 Å². The van der Waals surface area contributed by atoms with Gasteiger partial charge in [0.05, 0.1) is 6.21 Å². The lowest BCUT2D eigenvalue weighted by molar-refractivity contribution is -0.00124. The van der Waals surface area contributed by atoms with Crippen molar-refractivity contribution in [1.82, 2.24) is 4.98 Å². The molecule has 1 fully saturated rings. The number of aromatic nitrogens is 1. The molecule has 0 unspecified atom stereocenters. The van der Waals surface area contributed by atoms with E-state index in [1.54, 1.807) is 0 Å². The second-order valence-corrected chi connectivity index (χ2v) is 6.31. The van der Waals surface area contributed by atoms with Gasteiger partial charge >= 0.3 is 0 Å². The quantitative estimate of drug-likeness (QED) is 0.396. The molecule has 0 amide bonds. The first-order valence-electron chi connectivity index (χ1n) is 7.01. The van der Waals surface area contributed by atoms with E-state index in [-0.39, 0.29) is 5.41 Å². The third-order valence-electron chi connectivity index (χ3n) is 4.90. The Bertz CT molecular complexity index is 656. The number of halogens is 4. The van der Waals surface area contributed by atoms with Gasteiger partial charge in [-0.1, -0.05) is 19.9 Å². The van der Waals surface area contributed by atoms with Crippen molar-refractivity contribution in [3.63, 3.8) is 0 Å². The molecule has 1 aromatic heterocycles. The van der Waals surface area contributed by atoms with E-state index in [1.165, 1.54) is 6.21 Å². The first-order valence-corrected chi connectivity index (χ1v) is 7.01. The zero-order valence-electron chi connectivity index (χ0n) is 12.1. The lowest BCUT2D eigenvalue weighted by atomic mass is 9.49. The minimum absolute atomic E-state index is 0.182. The van der Waals surface area contributed by atoms with Crippen molar-refractivity contribution in [3.05, 3.63) is 35.2 Å². The van der Waals surface area contributed by atoms with E-state index < -0.39 is 29.2 Å². The third kappa shape index (κ3) is 2.19. The molecular formula is C15H15F4N3. The highest BCUT2D eigenvalue weighted by atomic mass is 19.2. The van der Waals surface area contributed by atoms with Crippen LogP contribution in [0.4, 0.5) is 23.2 Å². The molecule has 1 saturated carbocycles. The zero-order chi connectivity index (χ0) is 16.1. The second-order valence-electron chi connectivity index (χ2n) is 6.31. The van der Waals surface area contributed by atoms with Gasteiger partial charge in [0, 0.05) is 0 Å². The molecule has 22 heavy (non-hydrogen) atoms. The van der Waals surface area contributed by atoms with E-state index in [4.69, 9.17) is 0 Å². The van der Waals surface area contributed by atoms with Crippen LogP contribution < -0.4 is 5.43 Å². The summed E-state index contributed by atoms with van der Waals surface area (Å²) in [4.78, 5) is 2.48. The monoisotopic (exact) mass is 313 g/mol. The summed E-state index contributed by atoms with van der Waals surface area (Å²) in [5, 5.41) is 3.73. The number of allylic oxidation sites excluding steroid dienone is 2. The molecule has 0 aliphatic heterocycles. The maximum absolute atomic E-state index is 13.4. The molecule has 1 heterocycles. The average molecular weight is 313 g/mol. The molecule has 3 aliphatic carbocycles. The zero-order valence-corrected chi connectivity index (χ0v) is 12.1. The predicted octanol–water partition coefficient (Wildman–Crippen LogP) is 4.03. The van der Waals surface area contributed by atoms with E-state index in [0.717, 1.165) is 18.4 Å². The van der Waals surface area contributed by atoms with Gasteiger partial charge in [-0.05, 0) is 35.7 Å². The Labute approximate surface area is 125 Å². The highest BCUT2D eigenvalue weighted by Crippen LogP contribution is 2.58. The molecule has 0 radical (unpaired) electrons. The Morgan fingerprint density at radius 3 is 2.41 bits per heavy atom. The van der Waals surface area contributed by atoms with Crippen LogP contribution in [-0.4, -0.2) is 11.2 Å². The molecule has 118 valence electrons. The van der Waals surface area contributed by atoms with E-state index in [9.17, 15) is 17.6 Å². The lowest BCUT2D eigenvalue weighted by Crippen LogP contribution is -2.48. The molecule has 4 rings (SSSR count). The average Bonchev–Trinajstić information content (AvgIpc) is 2.48. The van der Waals surface area contributed by atoms with Crippen LogP contribution in [0, 0.1) is 40.8 Å². The summed E-state index contributed by atoms with van der Waals surface area (Å²) in [5.41, 5.74) is 2.20. The van der Waals surface area contributed by atoms with Crippen molar-refractivity contribution >= 4 is 11.9 Å². The van der Waals surface area contributed by atoms with Crippen molar-refractivity contribution in [1.29, 1.82) is 0 Å². The van der Waals surface area contributed by atoms with Crippen LogP contribution in [0.3, 0.4) is 0 Å². The smallest absolute Gasteiger partial charge is 0.254 e. The van der Waals surface area contributed by atoms with Crippen molar-refractivity contribution in [2.45, 2.75) is 26.7 Å². The van der Waals surface area contributed by atoms with E-state index in [1.807, 2.05) is 11.5 Å². The number of hydrazone groups is 1. The third-order valence-corrected chi connectivity index (χ3v) is 4.90. The Morgan fingerprint density at radius 2 is 1.86 bits per heavy atom. The molecule has 2 atom stereocenters. The molecule has 1 aromatic rings. The topological polar surface area (TPSA) is 37.3 Å². The van der Waals surface area contributed by atoms with Crippen LogP contribution in [0.25, 0.3) is 0 Å². The number of nitrogens with one attached hydrogen (secondary N) is 1. The van der Waals surface area contributed by atoms with Gasteiger partial charge in [0.25, 0.3) is 11.9 Å². The molecule has 2 bridgehead atoms. The molecular weight excluding hydrogens is 298 g/mol. The fourth-order valence-corrected chi connectivity index (χ4v) is 3.30. The van der Waals surface area contributed by atoms with E-state index >= 15 is 0 Å². The van der Waals surface area contributed by atoms with Gasteiger partial charge in [0.1, 0.15) is 5.69 Å². The van der Waals surface area contributed by atoms with Crippen molar-refractivity contribution in [2.75, 3.05) is 5.43 Å². The van der Waals surface area contributed by atoms with Crippen molar-refractivity contribution < 1.29 is 17.6 Å². The van der Waals surface area contributed by atoms with Gasteiger partial charge in [-0.25, -0.2) is 0 Å². The van der Waals surface area contributed by atoms with Gasteiger partial charge in [0.2, 0.25) is 11.6 Å². The molecule has 0 spiro atoms. The Morgan fingerprint density at radius 1 is 1.23 bits per heavy atom. The Kier molecular flexibility index (Phi) is 3.45. The van der Waals surface area contributed by atoms with Gasteiger partial charge in [0.15, 0.2) is 0 Å².